The third-order valence-electron chi connectivity index (χ3n) is 3.25. The molecule has 2 rings (SSSR count). The van der Waals surface area contributed by atoms with E-state index in [9.17, 15) is 4.79 Å². The Balaban J connectivity index is 1.85. The largest absolute Gasteiger partial charge is 0.361 e. The summed E-state index contributed by atoms with van der Waals surface area (Å²) >= 11 is 11.9. The third-order valence-corrected chi connectivity index (χ3v) is 3.84. The number of aromatic nitrogens is 1. The van der Waals surface area contributed by atoms with Gasteiger partial charge in [-0.3, -0.25) is 4.79 Å². The molecule has 1 heterocycles. The van der Waals surface area contributed by atoms with Gasteiger partial charge in [0.15, 0.2) is 0 Å². The normalized spacial score (nSPS) is 10.7. The van der Waals surface area contributed by atoms with Crippen molar-refractivity contribution in [1.29, 1.82) is 0 Å². The molecule has 0 saturated carbocycles. The molecule has 1 amide bonds. The Hall–Kier alpha value is -1.52. The van der Waals surface area contributed by atoms with Crippen molar-refractivity contribution < 1.29 is 9.32 Å². The molecule has 0 radical (unpaired) electrons. The summed E-state index contributed by atoms with van der Waals surface area (Å²) in [7, 11) is 0. The van der Waals surface area contributed by atoms with E-state index in [0.717, 1.165) is 16.8 Å². The molecule has 0 saturated heterocycles. The van der Waals surface area contributed by atoms with Crippen molar-refractivity contribution >= 4 is 29.1 Å². The predicted molar refractivity (Wildman–Crippen MR) is 82.9 cm³/mol. The van der Waals surface area contributed by atoms with E-state index in [-0.39, 0.29) is 12.3 Å². The lowest BCUT2D eigenvalue weighted by Crippen LogP contribution is -2.27. The van der Waals surface area contributed by atoms with Gasteiger partial charge in [0, 0.05) is 22.2 Å². The Labute approximate surface area is 133 Å². The second-order valence-corrected chi connectivity index (χ2v) is 5.66. The number of carbonyl (C=O) groups excluding carboxylic acids is 1. The first-order valence-corrected chi connectivity index (χ1v) is 7.35. The number of amides is 1. The number of nitrogens with one attached hydrogen (secondary N) is 1. The van der Waals surface area contributed by atoms with Crippen molar-refractivity contribution in [2.75, 3.05) is 6.54 Å². The maximum absolute atomic E-state index is 11.9. The van der Waals surface area contributed by atoms with E-state index >= 15 is 0 Å². The summed E-state index contributed by atoms with van der Waals surface area (Å²) < 4.78 is 5.04. The van der Waals surface area contributed by atoms with Gasteiger partial charge in [-0.05, 0) is 38.0 Å². The first kappa shape index (κ1) is 15.9. The van der Waals surface area contributed by atoms with Gasteiger partial charge >= 0.3 is 0 Å². The van der Waals surface area contributed by atoms with Gasteiger partial charge in [-0.25, -0.2) is 0 Å². The monoisotopic (exact) mass is 326 g/mol. The first-order chi connectivity index (χ1) is 9.97. The molecule has 0 aliphatic heterocycles. The van der Waals surface area contributed by atoms with Gasteiger partial charge in [0.1, 0.15) is 5.76 Å². The lowest BCUT2D eigenvalue weighted by atomic mass is 10.1. The quantitative estimate of drug-likeness (QED) is 0.914. The average molecular weight is 327 g/mol. The summed E-state index contributed by atoms with van der Waals surface area (Å²) in [6.07, 6.45) is 0.929. The number of benzene rings is 1. The van der Waals surface area contributed by atoms with Crippen molar-refractivity contribution in [2.45, 2.75) is 26.7 Å². The van der Waals surface area contributed by atoms with Crippen LogP contribution in [0.2, 0.25) is 10.0 Å². The fraction of sp³-hybridized carbons (Fsp3) is 0.333. The molecule has 2 aromatic rings. The molecule has 1 N–H and O–H groups in total. The molecular formula is C15H16Cl2N2O2. The third kappa shape index (κ3) is 4.22. The molecule has 21 heavy (non-hydrogen) atoms. The van der Waals surface area contributed by atoms with Gasteiger partial charge in [-0.15, -0.1) is 0 Å². The highest BCUT2D eigenvalue weighted by Crippen LogP contribution is 2.21. The molecule has 0 aliphatic rings. The van der Waals surface area contributed by atoms with Crippen LogP contribution in [0.25, 0.3) is 0 Å². The highest BCUT2D eigenvalue weighted by molar-refractivity contribution is 6.35. The molecule has 0 bridgehead atoms. The van der Waals surface area contributed by atoms with Crippen LogP contribution >= 0.6 is 23.2 Å². The van der Waals surface area contributed by atoms with Crippen LogP contribution in [-0.2, 0) is 17.6 Å². The van der Waals surface area contributed by atoms with Crippen LogP contribution < -0.4 is 5.32 Å². The molecule has 0 atom stereocenters. The maximum Gasteiger partial charge on any atom is 0.224 e. The van der Waals surface area contributed by atoms with E-state index < -0.39 is 0 Å². The number of hydrogen-bond donors (Lipinski definition) is 1. The van der Waals surface area contributed by atoms with Crippen LogP contribution in [0.4, 0.5) is 0 Å². The zero-order valence-electron chi connectivity index (χ0n) is 11.9. The molecule has 0 fully saturated rings. The van der Waals surface area contributed by atoms with E-state index in [0.29, 0.717) is 28.8 Å². The Bertz CT molecular complexity index is 634. The van der Waals surface area contributed by atoms with E-state index in [1.165, 1.54) is 0 Å². The van der Waals surface area contributed by atoms with Crippen LogP contribution in [0.3, 0.4) is 0 Å². The Kier molecular flexibility index (Phi) is 5.26. The molecule has 112 valence electrons. The maximum atomic E-state index is 11.9. The number of rotatable bonds is 5. The highest BCUT2D eigenvalue weighted by Gasteiger charge is 2.13. The molecule has 1 aromatic heterocycles. The number of carbonyl (C=O) groups is 1. The molecule has 1 aromatic carbocycles. The molecule has 0 unspecified atom stereocenters. The smallest absolute Gasteiger partial charge is 0.224 e. The predicted octanol–water partition coefficient (Wildman–Crippen LogP) is 3.50. The van der Waals surface area contributed by atoms with Crippen LogP contribution in [0, 0.1) is 13.8 Å². The van der Waals surface area contributed by atoms with E-state index in [1.807, 2.05) is 13.0 Å². The van der Waals surface area contributed by atoms with Crippen molar-refractivity contribution in [2.24, 2.45) is 0 Å². The Morgan fingerprint density at radius 3 is 2.71 bits per heavy atom. The van der Waals surface area contributed by atoms with E-state index in [2.05, 4.69) is 10.5 Å². The zero-order valence-corrected chi connectivity index (χ0v) is 13.4. The van der Waals surface area contributed by atoms with Gasteiger partial charge in [-0.1, -0.05) is 34.4 Å². The minimum absolute atomic E-state index is 0.0607. The van der Waals surface area contributed by atoms with Crippen molar-refractivity contribution in [3.63, 3.8) is 0 Å². The Morgan fingerprint density at radius 1 is 1.33 bits per heavy atom. The fourth-order valence-electron chi connectivity index (χ4n) is 2.04. The van der Waals surface area contributed by atoms with Crippen molar-refractivity contribution in [3.8, 4) is 0 Å². The van der Waals surface area contributed by atoms with E-state index in [4.69, 9.17) is 27.7 Å². The number of hydrogen-bond acceptors (Lipinski definition) is 3. The summed E-state index contributed by atoms with van der Waals surface area (Å²) in [5.41, 5.74) is 2.55. The number of nitrogens with zero attached hydrogens (tertiary/aromatic N) is 1. The average Bonchev–Trinajstić information content (AvgIpc) is 2.73. The van der Waals surface area contributed by atoms with Gasteiger partial charge in [0.05, 0.1) is 12.1 Å². The van der Waals surface area contributed by atoms with Crippen LogP contribution in [0.5, 0.6) is 0 Å². The zero-order chi connectivity index (χ0) is 15.4. The fourth-order valence-corrected chi connectivity index (χ4v) is 2.54. The molecule has 4 nitrogen and oxygen atoms in total. The summed E-state index contributed by atoms with van der Waals surface area (Å²) in [4.78, 5) is 11.9. The van der Waals surface area contributed by atoms with Gasteiger partial charge in [-0.2, -0.15) is 0 Å². The van der Waals surface area contributed by atoms with Crippen molar-refractivity contribution in [3.05, 3.63) is 50.8 Å². The number of halogens is 2. The molecule has 6 heteroatoms. The second kappa shape index (κ2) is 6.96. The van der Waals surface area contributed by atoms with Gasteiger partial charge in [0.2, 0.25) is 5.91 Å². The van der Waals surface area contributed by atoms with Crippen LogP contribution in [0.1, 0.15) is 22.6 Å². The SMILES string of the molecule is Cc1noc(C)c1CC(=O)NCCc1ccc(Cl)cc1Cl. The summed E-state index contributed by atoms with van der Waals surface area (Å²) in [5, 5.41) is 7.91. The van der Waals surface area contributed by atoms with E-state index in [1.54, 1.807) is 19.1 Å². The number of aryl methyl sites for hydroxylation is 2. The second-order valence-electron chi connectivity index (χ2n) is 4.82. The highest BCUT2D eigenvalue weighted by atomic mass is 35.5. The molecule has 0 aliphatic carbocycles. The molecule has 0 spiro atoms. The topological polar surface area (TPSA) is 55.1 Å². The summed E-state index contributed by atoms with van der Waals surface area (Å²) in [6.45, 7) is 4.15. The van der Waals surface area contributed by atoms with Crippen LogP contribution in [-0.4, -0.2) is 17.6 Å². The standard InChI is InChI=1S/C15H16Cl2N2O2/c1-9-13(10(2)21-19-9)8-15(20)18-6-5-11-3-4-12(16)7-14(11)17/h3-4,7H,5-6,8H2,1-2H3,(H,18,20). The van der Waals surface area contributed by atoms with Gasteiger partial charge in [0.25, 0.3) is 0 Å². The summed E-state index contributed by atoms with van der Waals surface area (Å²) in [5.74, 6) is 0.623. The van der Waals surface area contributed by atoms with Crippen LogP contribution in [0.15, 0.2) is 22.7 Å². The lowest BCUT2D eigenvalue weighted by molar-refractivity contribution is -0.120. The Morgan fingerprint density at radius 2 is 2.10 bits per heavy atom. The van der Waals surface area contributed by atoms with Gasteiger partial charge < -0.3 is 9.84 Å². The summed E-state index contributed by atoms with van der Waals surface area (Å²) in [6, 6.07) is 5.35. The first-order valence-electron chi connectivity index (χ1n) is 6.59. The lowest BCUT2D eigenvalue weighted by Gasteiger charge is -2.07. The van der Waals surface area contributed by atoms with Crippen molar-refractivity contribution in [1.82, 2.24) is 10.5 Å². The minimum Gasteiger partial charge on any atom is -0.361 e. The molecular weight excluding hydrogens is 311 g/mol. The minimum atomic E-state index is -0.0607.